The SMILES string of the molecule is CNC(c1cccc(N)c1)c1ccc2c(c1)CCC2. The van der Waals surface area contributed by atoms with E-state index in [9.17, 15) is 0 Å². The monoisotopic (exact) mass is 252 g/mol. The van der Waals surface area contributed by atoms with Crippen LogP contribution < -0.4 is 11.1 Å². The first kappa shape index (κ1) is 12.2. The summed E-state index contributed by atoms with van der Waals surface area (Å²) < 4.78 is 0. The van der Waals surface area contributed by atoms with Crippen LogP contribution in [-0.4, -0.2) is 7.05 Å². The molecular weight excluding hydrogens is 232 g/mol. The molecular formula is C17H20N2. The average Bonchev–Trinajstić information content (AvgIpc) is 2.87. The fourth-order valence-electron chi connectivity index (χ4n) is 3.04. The summed E-state index contributed by atoms with van der Waals surface area (Å²) in [7, 11) is 2.00. The maximum atomic E-state index is 5.89. The van der Waals surface area contributed by atoms with Gasteiger partial charge in [0.2, 0.25) is 0 Å². The van der Waals surface area contributed by atoms with Gasteiger partial charge in [-0.1, -0.05) is 30.3 Å². The predicted molar refractivity (Wildman–Crippen MR) is 80.2 cm³/mol. The Morgan fingerprint density at radius 2 is 1.79 bits per heavy atom. The molecule has 3 N–H and O–H groups in total. The number of hydrogen-bond acceptors (Lipinski definition) is 2. The second-order valence-electron chi connectivity index (χ2n) is 5.27. The maximum absolute atomic E-state index is 5.89. The summed E-state index contributed by atoms with van der Waals surface area (Å²) in [4.78, 5) is 0. The van der Waals surface area contributed by atoms with Crippen molar-refractivity contribution in [1.29, 1.82) is 0 Å². The number of anilines is 1. The minimum absolute atomic E-state index is 0.217. The standard InChI is InChI=1S/C17H20N2/c1-19-17(14-6-3-7-16(18)11-14)15-9-8-12-4-2-5-13(12)10-15/h3,6-11,17,19H,2,4-5,18H2,1H3. The highest BCUT2D eigenvalue weighted by molar-refractivity contribution is 5.46. The second-order valence-corrected chi connectivity index (χ2v) is 5.27. The molecule has 2 nitrogen and oxygen atoms in total. The molecule has 1 atom stereocenters. The van der Waals surface area contributed by atoms with E-state index in [1.807, 2.05) is 25.2 Å². The molecule has 19 heavy (non-hydrogen) atoms. The van der Waals surface area contributed by atoms with Gasteiger partial charge in [-0.3, -0.25) is 0 Å². The molecule has 2 aromatic carbocycles. The van der Waals surface area contributed by atoms with E-state index in [1.54, 1.807) is 0 Å². The molecule has 0 saturated heterocycles. The largest absolute Gasteiger partial charge is 0.399 e. The number of benzene rings is 2. The van der Waals surface area contributed by atoms with Gasteiger partial charge in [0.25, 0.3) is 0 Å². The molecule has 0 fully saturated rings. The van der Waals surface area contributed by atoms with Gasteiger partial charge in [-0.05, 0) is 60.7 Å². The van der Waals surface area contributed by atoms with E-state index in [0.29, 0.717) is 0 Å². The van der Waals surface area contributed by atoms with Crippen LogP contribution in [0.15, 0.2) is 42.5 Å². The van der Waals surface area contributed by atoms with E-state index >= 15 is 0 Å². The third kappa shape index (κ3) is 2.36. The molecule has 1 aliphatic rings. The predicted octanol–water partition coefficient (Wildman–Crippen LogP) is 3.07. The smallest absolute Gasteiger partial charge is 0.0575 e. The average molecular weight is 252 g/mol. The first-order valence-electron chi connectivity index (χ1n) is 6.92. The van der Waals surface area contributed by atoms with Gasteiger partial charge in [0.15, 0.2) is 0 Å². The minimum Gasteiger partial charge on any atom is -0.399 e. The van der Waals surface area contributed by atoms with Gasteiger partial charge in [-0.15, -0.1) is 0 Å². The highest BCUT2D eigenvalue weighted by Gasteiger charge is 2.16. The fraction of sp³-hybridized carbons (Fsp3) is 0.294. The van der Waals surface area contributed by atoms with Gasteiger partial charge in [-0.2, -0.15) is 0 Å². The van der Waals surface area contributed by atoms with Crippen molar-refractivity contribution in [2.75, 3.05) is 12.8 Å². The van der Waals surface area contributed by atoms with Crippen molar-refractivity contribution in [2.45, 2.75) is 25.3 Å². The summed E-state index contributed by atoms with van der Waals surface area (Å²) in [5, 5.41) is 3.40. The quantitative estimate of drug-likeness (QED) is 0.824. The van der Waals surface area contributed by atoms with Gasteiger partial charge in [0.05, 0.1) is 6.04 Å². The lowest BCUT2D eigenvalue weighted by molar-refractivity contribution is 0.691. The van der Waals surface area contributed by atoms with Crippen LogP contribution in [0.25, 0.3) is 0 Å². The molecule has 0 aromatic heterocycles. The topological polar surface area (TPSA) is 38.0 Å². The lowest BCUT2D eigenvalue weighted by atomic mass is 9.95. The van der Waals surface area contributed by atoms with Gasteiger partial charge in [0, 0.05) is 5.69 Å². The number of rotatable bonds is 3. The van der Waals surface area contributed by atoms with Gasteiger partial charge >= 0.3 is 0 Å². The lowest BCUT2D eigenvalue weighted by Crippen LogP contribution is -2.18. The van der Waals surface area contributed by atoms with E-state index in [-0.39, 0.29) is 6.04 Å². The summed E-state index contributed by atoms with van der Waals surface area (Å²) in [5.74, 6) is 0. The van der Waals surface area contributed by atoms with Gasteiger partial charge < -0.3 is 11.1 Å². The van der Waals surface area contributed by atoms with Crippen LogP contribution in [-0.2, 0) is 12.8 Å². The van der Waals surface area contributed by atoms with E-state index < -0.39 is 0 Å². The van der Waals surface area contributed by atoms with Crippen LogP contribution in [0.5, 0.6) is 0 Å². The molecule has 1 aliphatic carbocycles. The Hall–Kier alpha value is -1.80. The van der Waals surface area contributed by atoms with Crippen LogP contribution in [0.3, 0.4) is 0 Å². The van der Waals surface area contributed by atoms with Crippen molar-refractivity contribution in [3.05, 3.63) is 64.7 Å². The van der Waals surface area contributed by atoms with Crippen molar-refractivity contribution < 1.29 is 0 Å². The summed E-state index contributed by atoms with van der Waals surface area (Å²) in [6.07, 6.45) is 3.75. The van der Waals surface area contributed by atoms with Crippen LogP contribution in [0.2, 0.25) is 0 Å². The third-order valence-electron chi connectivity index (χ3n) is 3.99. The minimum atomic E-state index is 0.217. The Labute approximate surface area is 114 Å². The molecule has 0 saturated carbocycles. The van der Waals surface area contributed by atoms with Crippen molar-refractivity contribution in [3.8, 4) is 0 Å². The first-order valence-corrected chi connectivity index (χ1v) is 6.92. The molecule has 0 amide bonds. The van der Waals surface area contributed by atoms with Crippen molar-refractivity contribution in [2.24, 2.45) is 0 Å². The second kappa shape index (κ2) is 5.06. The maximum Gasteiger partial charge on any atom is 0.0575 e. The molecule has 98 valence electrons. The van der Waals surface area contributed by atoms with E-state index in [4.69, 9.17) is 5.73 Å². The van der Waals surface area contributed by atoms with E-state index in [2.05, 4.69) is 29.6 Å². The number of nitrogen functional groups attached to an aromatic ring is 1. The molecule has 1 unspecified atom stereocenters. The van der Waals surface area contributed by atoms with Crippen molar-refractivity contribution in [1.82, 2.24) is 5.32 Å². The van der Waals surface area contributed by atoms with Crippen LogP contribution >= 0.6 is 0 Å². The molecule has 0 aliphatic heterocycles. The Morgan fingerprint density at radius 3 is 2.58 bits per heavy atom. The Kier molecular flexibility index (Phi) is 3.26. The number of hydrogen-bond donors (Lipinski definition) is 2. The molecule has 3 rings (SSSR count). The Bertz CT molecular complexity index is 590. The molecule has 0 radical (unpaired) electrons. The summed E-state index contributed by atoms with van der Waals surface area (Å²) in [6, 6.07) is 15.2. The molecule has 2 aromatic rings. The van der Waals surface area contributed by atoms with Gasteiger partial charge in [-0.25, -0.2) is 0 Å². The molecule has 0 heterocycles. The van der Waals surface area contributed by atoms with Crippen molar-refractivity contribution >= 4 is 5.69 Å². The number of aryl methyl sites for hydroxylation is 2. The summed E-state index contributed by atoms with van der Waals surface area (Å²) >= 11 is 0. The number of fused-ring (bicyclic) bond motifs is 1. The lowest BCUT2D eigenvalue weighted by Gasteiger charge is -2.18. The van der Waals surface area contributed by atoms with E-state index in [1.165, 1.54) is 41.5 Å². The molecule has 0 spiro atoms. The zero-order valence-corrected chi connectivity index (χ0v) is 11.3. The van der Waals surface area contributed by atoms with Crippen LogP contribution in [0.1, 0.15) is 34.7 Å². The Balaban J connectivity index is 1.98. The molecule has 2 heteroatoms. The highest BCUT2D eigenvalue weighted by atomic mass is 14.9. The van der Waals surface area contributed by atoms with Crippen LogP contribution in [0.4, 0.5) is 5.69 Å². The first-order chi connectivity index (χ1) is 9.28. The zero-order chi connectivity index (χ0) is 13.2. The fourth-order valence-corrected chi connectivity index (χ4v) is 3.04. The zero-order valence-electron chi connectivity index (χ0n) is 11.3. The van der Waals surface area contributed by atoms with Crippen LogP contribution in [0, 0.1) is 0 Å². The summed E-state index contributed by atoms with van der Waals surface area (Å²) in [5.41, 5.74) is 12.3. The number of nitrogens with one attached hydrogen (secondary N) is 1. The number of nitrogens with two attached hydrogens (primary N) is 1. The highest BCUT2D eigenvalue weighted by Crippen LogP contribution is 2.28. The summed E-state index contributed by atoms with van der Waals surface area (Å²) in [6.45, 7) is 0. The van der Waals surface area contributed by atoms with E-state index in [0.717, 1.165) is 5.69 Å². The van der Waals surface area contributed by atoms with Gasteiger partial charge in [0.1, 0.15) is 0 Å². The normalized spacial score (nSPS) is 15.2. The third-order valence-corrected chi connectivity index (χ3v) is 3.99. The van der Waals surface area contributed by atoms with Crippen molar-refractivity contribution in [3.63, 3.8) is 0 Å². The molecule has 0 bridgehead atoms. The Morgan fingerprint density at radius 1 is 1.00 bits per heavy atom.